The smallest absolute Gasteiger partial charge is 0.410 e. The van der Waals surface area contributed by atoms with Crippen molar-refractivity contribution in [3.05, 3.63) is 0 Å². The molecule has 23 heavy (non-hydrogen) atoms. The van der Waals surface area contributed by atoms with Crippen LogP contribution in [0.2, 0.25) is 0 Å². The van der Waals surface area contributed by atoms with Gasteiger partial charge in [0.15, 0.2) is 9.84 Å². The van der Waals surface area contributed by atoms with Crippen molar-refractivity contribution in [3.63, 3.8) is 0 Å². The standard InChI is InChI=1S/C16H30N2O4S/c1-15(2,3)22-14(19)18-8-6-16(4,7-9-18)12-17-13-5-10-23(20,21)11-13/h13,17H,5-12H2,1-4H3. The summed E-state index contributed by atoms with van der Waals surface area (Å²) in [5, 5.41) is 3.42. The first kappa shape index (κ1) is 18.5. The summed E-state index contributed by atoms with van der Waals surface area (Å²) in [6, 6.07) is 0.0840. The molecule has 2 saturated heterocycles. The Labute approximate surface area is 139 Å². The zero-order chi connectivity index (χ0) is 17.3. The number of nitrogens with one attached hydrogen (secondary N) is 1. The van der Waals surface area contributed by atoms with Crippen molar-refractivity contribution in [2.45, 2.75) is 58.6 Å². The number of ether oxygens (including phenoxy) is 1. The number of amides is 1. The third kappa shape index (κ3) is 5.64. The number of carbonyl (C=O) groups excluding carboxylic acids is 1. The Morgan fingerprint density at radius 2 is 1.91 bits per heavy atom. The zero-order valence-corrected chi connectivity index (χ0v) is 15.5. The van der Waals surface area contributed by atoms with Gasteiger partial charge in [-0.15, -0.1) is 0 Å². The van der Waals surface area contributed by atoms with Crippen molar-refractivity contribution in [1.82, 2.24) is 10.2 Å². The van der Waals surface area contributed by atoms with Crippen molar-refractivity contribution in [1.29, 1.82) is 0 Å². The van der Waals surface area contributed by atoms with Gasteiger partial charge in [-0.05, 0) is 45.4 Å². The van der Waals surface area contributed by atoms with E-state index in [0.717, 1.165) is 19.4 Å². The number of carbonyl (C=O) groups is 1. The van der Waals surface area contributed by atoms with Crippen LogP contribution in [0.1, 0.15) is 47.0 Å². The quantitative estimate of drug-likeness (QED) is 0.843. The SMILES string of the molecule is CC1(CNC2CCS(=O)(=O)C2)CCN(C(=O)OC(C)(C)C)CC1. The third-order valence-corrected chi connectivity index (χ3v) is 6.44. The maximum atomic E-state index is 12.1. The second kappa shape index (κ2) is 6.59. The maximum Gasteiger partial charge on any atom is 0.410 e. The minimum absolute atomic E-state index is 0.0840. The zero-order valence-electron chi connectivity index (χ0n) is 14.7. The van der Waals surface area contributed by atoms with Gasteiger partial charge in [-0.2, -0.15) is 0 Å². The Bertz CT molecular complexity index is 531. The number of hydrogen-bond donors (Lipinski definition) is 1. The Kier molecular flexibility index (Phi) is 5.31. The normalized spacial score (nSPS) is 27.0. The van der Waals surface area contributed by atoms with E-state index in [1.54, 1.807) is 4.90 Å². The molecule has 6 nitrogen and oxygen atoms in total. The fourth-order valence-corrected chi connectivity index (χ4v) is 4.79. The van der Waals surface area contributed by atoms with Crippen LogP contribution in [0.25, 0.3) is 0 Å². The van der Waals surface area contributed by atoms with E-state index in [4.69, 9.17) is 4.74 Å². The van der Waals surface area contributed by atoms with E-state index in [9.17, 15) is 13.2 Å². The molecule has 0 radical (unpaired) electrons. The van der Waals surface area contributed by atoms with Crippen LogP contribution in [0.15, 0.2) is 0 Å². The van der Waals surface area contributed by atoms with Crippen LogP contribution in [0.5, 0.6) is 0 Å². The highest BCUT2D eigenvalue weighted by Crippen LogP contribution is 2.31. The molecule has 0 aromatic carbocycles. The van der Waals surface area contributed by atoms with Crippen LogP contribution >= 0.6 is 0 Å². The van der Waals surface area contributed by atoms with Crippen molar-refractivity contribution in [2.24, 2.45) is 5.41 Å². The molecule has 2 aliphatic heterocycles. The average molecular weight is 346 g/mol. The number of sulfone groups is 1. The van der Waals surface area contributed by atoms with Gasteiger partial charge in [-0.1, -0.05) is 6.92 Å². The Hall–Kier alpha value is -0.820. The molecule has 1 unspecified atom stereocenters. The van der Waals surface area contributed by atoms with E-state index < -0.39 is 15.4 Å². The molecular formula is C16H30N2O4S. The highest BCUT2D eigenvalue weighted by atomic mass is 32.2. The van der Waals surface area contributed by atoms with Crippen molar-refractivity contribution >= 4 is 15.9 Å². The highest BCUT2D eigenvalue weighted by Gasteiger charge is 2.35. The lowest BCUT2D eigenvalue weighted by Crippen LogP contribution is -2.48. The molecule has 2 rings (SSSR count). The van der Waals surface area contributed by atoms with Crippen molar-refractivity contribution < 1.29 is 17.9 Å². The third-order valence-electron chi connectivity index (χ3n) is 4.67. The Morgan fingerprint density at radius 3 is 2.39 bits per heavy atom. The highest BCUT2D eigenvalue weighted by molar-refractivity contribution is 7.91. The lowest BCUT2D eigenvalue weighted by molar-refractivity contribution is 0.0118. The Morgan fingerprint density at radius 1 is 1.30 bits per heavy atom. The van der Waals surface area contributed by atoms with E-state index in [-0.39, 0.29) is 23.3 Å². The molecule has 134 valence electrons. The minimum atomic E-state index is -2.84. The number of likely N-dealkylation sites (tertiary alicyclic amines) is 1. The summed E-state index contributed by atoms with van der Waals surface area (Å²) in [6.45, 7) is 10.0. The van der Waals surface area contributed by atoms with Crippen LogP contribution < -0.4 is 5.32 Å². The molecule has 0 aromatic rings. The van der Waals surface area contributed by atoms with Gasteiger partial charge in [0.1, 0.15) is 5.60 Å². The second-order valence-electron chi connectivity index (χ2n) is 8.26. The van der Waals surface area contributed by atoms with Crippen molar-refractivity contribution in [3.8, 4) is 0 Å². The van der Waals surface area contributed by atoms with E-state index in [1.807, 2.05) is 20.8 Å². The van der Waals surface area contributed by atoms with Crippen LogP contribution in [0.3, 0.4) is 0 Å². The van der Waals surface area contributed by atoms with Gasteiger partial charge in [0.2, 0.25) is 0 Å². The van der Waals surface area contributed by atoms with Gasteiger partial charge in [-0.25, -0.2) is 13.2 Å². The summed E-state index contributed by atoms with van der Waals surface area (Å²) in [5.74, 6) is 0.556. The first-order valence-corrected chi connectivity index (χ1v) is 10.2. The molecular weight excluding hydrogens is 316 g/mol. The summed E-state index contributed by atoms with van der Waals surface area (Å²) < 4.78 is 28.4. The molecule has 0 saturated carbocycles. The van der Waals surface area contributed by atoms with Gasteiger partial charge in [0.25, 0.3) is 0 Å². The van der Waals surface area contributed by atoms with Gasteiger partial charge in [-0.3, -0.25) is 0 Å². The predicted molar refractivity (Wildman–Crippen MR) is 90.2 cm³/mol. The van der Waals surface area contributed by atoms with E-state index >= 15 is 0 Å². The summed E-state index contributed by atoms with van der Waals surface area (Å²) in [6.07, 6.45) is 2.27. The largest absolute Gasteiger partial charge is 0.444 e. The molecule has 0 bridgehead atoms. The second-order valence-corrected chi connectivity index (χ2v) is 10.5. The molecule has 2 heterocycles. The number of nitrogens with zero attached hydrogens (tertiary/aromatic N) is 1. The summed E-state index contributed by atoms with van der Waals surface area (Å²) >= 11 is 0. The summed E-state index contributed by atoms with van der Waals surface area (Å²) in [7, 11) is -2.84. The molecule has 1 amide bonds. The average Bonchev–Trinajstić information content (AvgIpc) is 2.75. The van der Waals surface area contributed by atoms with E-state index in [0.29, 0.717) is 25.3 Å². The summed E-state index contributed by atoms with van der Waals surface area (Å²) in [5.41, 5.74) is -0.363. The first-order valence-electron chi connectivity index (χ1n) is 8.40. The van der Waals surface area contributed by atoms with Gasteiger partial charge in [0.05, 0.1) is 11.5 Å². The molecule has 7 heteroatoms. The molecule has 2 fully saturated rings. The fourth-order valence-electron chi connectivity index (χ4n) is 3.08. The van der Waals surface area contributed by atoms with Gasteiger partial charge in [0, 0.05) is 25.7 Å². The molecule has 2 aliphatic rings. The van der Waals surface area contributed by atoms with Crippen LogP contribution in [-0.2, 0) is 14.6 Å². The maximum absolute atomic E-state index is 12.1. The van der Waals surface area contributed by atoms with Crippen LogP contribution in [0, 0.1) is 5.41 Å². The minimum Gasteiger partial charge on any atom is -0.444 e. The van der Waals surface area contributed by atoms with Gasteiger partial charge < -0.3 is 15.0 Å². The molecule has 0 aliphatic carbocycles. The monoisotopic (exact) mass is 346 g/mol. The first-order chi connectivity index (χ1) is 10.5. The number of hydrogen-bond acceptors (Lipinski definition) is 5. The molecule has 0 aromatic heterocycles. The topological polar surface area (TPSA) is 75.7 Å². The Balaban J connectivity index is 1.77. The lowest BCUT2D eigenvalue weighted by Gasteiger charge is -2.40. The van der Waals surface area contributed by atoms with Crippen molar-refractivity contribution in [2.75, 3.05) is 31.1 Å². The number of piperidine rings is 1. The predicted octanol–water partition coefficient (Wildman–Crippen LogP) is 1.80. The van der Waals surface area contributed by atoms with Crippen LogP contribution in [-0.4, -0.2) is 62.2 Å². The van der Waals surface area contributed by atoms with E-state index in [2.05, 4.69) is 12.2 Å². The van der Waals surface area contributed by atoms with E-state index in [1.165, 1.54) is 0 Å². The van der Waals surface area contributed by atoms with Crippen LogP contribution in [0.4, 0.5) is 4.79 Å². The molecule has 1 atom stereocenters. The fraction of sp³-hybridized carbons (Fsp3) is 0.938. The number of rotatable bonds is 3. The molecule has 0 spiro atoms. The molecule has 1 N–H and O–H groups in total. The summed E-state index contributed by atoms with van der Waals surface area (Å²) in [4.78, 5) is 13.9. The van der Waals surface area contributed by atoms with Gasteiger partial charge >= 0.3 is 6.09 Å². The lowest BCUT2D eigenvalue weighted by atomic mass is 9.80.